The lowest BCUT2D eigenvalue weighted by molar-refractivity contribution is 0.587. The summed E-state index contributed by atoms with van der Waals surface area (Å²) in [6.07, 6.45) is 0. The molecular formula is C16H20BrN3S. The number of halogens is 1. The first kappa shape index (κ1) is 16.5. The van der Waals surface area contributed by atoms with Crippen molar-refractivity contribution in [3.8, 4) is 0 Å². The fourth-order valence-corrected chi connectivity index (χ4v) is 3.47. The van der Waals surface area contributed by atoms with Gasteiger partial charge in [-0.05, 0) is 49.4 Å². The molecule has 1 N–H and O–H groups in total. The van der Waals surface area contributed by atoms with Crippen molar-refractivity contribution in [2.45, 2.75) is 50.3 Å². The van der Waals surface area contributed by atoms with Crippen LogP contribution in [-0.2, 0) is 6.54 Å². The lowest BCUT2D eigenvalue weighted by atomic mass is 10.2. The Morgan fingerprint density at radius 2 is 1.81 bits per heavy atom. The highest BCUT2D eigenvalue weighted by Crippen LogP contribution is 2.29. The molecule has 2 aromatic rings. The smallest absolute Gasteiger partial charge is 0.192 e. The Hall–Kier alpha value is -0.910. The standard InChI is InChI=1S/C16H20BrN3S/c1-10(2)18-9-13-5-6-14(8-15(13)17)21-16-19-11(3)7-12(4)20-16/h5-8,10,18H,9H2,1-4H3. The first-order chi connectivity index (χ1) is 9.94. The van der Waals surface area contributed by atoms with Crippen molar-refractivity contribution in [1.82, 2.24) is 15.3 Å². The zero-order valence-electron chi connectivity index (χ0n) is 12.8. The van der Waals surface area contributed by atoms with E-state index in [1.165, 1.54) is 5.56 Å². The van der Waals surface area contributed by atoms with Gasteiger partial charge < -0.3 is 5.32 Å². The van der Waals surface area contributed by atoms with Gasteiger partial charge in [0.1, 0.15) is 0 Å². The molecule has 5 heteroatoms. The second-order valence-electron chi connectivity index (χ2n) is 5.32. The van der Waals surface area contributed by atoms with Crippen LogP contribution in [0.25, 0.3) is 0 Å². The zero-order chi connectivity index (χ0) is 15.4. The summed E-state index contributed by atoms with van der Waals surface area (Å²) in [5.74, 6) is 0. The summed E-state index contributed by atoms with van der Waals surface area (Å²) in [7, 11) is 0. The summed E-state index contributed by atoms with van der Waals surface area (Å²) in [5.41, 5.74) is 3.26. The number of nitrogens with zero attached hydrogens (tertiary/aromatic N) is 2. The second-order valence-corrected chi connectivity index (χ2v) is 7.22. The molecule has 0 amide bonds. The molecule has 0 fully saturated rings. The molecule has 0 spiro atoms. The summed E-state index contributed by atoms with van der Waals surface area (Å²) in [4.78, 5) is 10.1. The molecule has 0 atom stereocenters. The van der Waals surface area contributed by atoms with Crippen molar-refractivity contribution in [3.05, 3.63) is 45.7 Å². The Balaban J connectivity index is 2.12. The molecule has 1 heterocycles. The third kappa shape index (κ3) is 5.09. The van der Waals surface area contributed by atoms with E-state index in [0.717, 1.165) is 32.5 Å². The lowest BCUT2D eigenvalue weighted by Gasteiger charge is -2.11. The lowest BCUT2D eigenvalue weighted by Crippen LogP contribution is -2.21. The number of benzene rings is 1. The van der Waals surface area contributed by atoms with E-state index in [1.807, 2.05) is 19.9 Å². The fourth-order valence-electron chi connectivity index (χ4n) is 1.89. The highest BCUT2D eigenvalue weighted by Gasteiger charge is 2.06. The van der Waals surface area contributed by atoms with Crippen LogP contribution in [0, 0.1) is 13.8 Å². The molecule has 21 heavy (non-hydrogen) atoms. The molecule has 112 valence electrons. The van der Waals surface area contributed by atoms with Gasteiger partial charge in [-0.25, -0.2) is 9.97 Å². The predicted octanol–water partition coefficient (Wildman–Crippen LogP) is 4.51. The molecule has 0 aliphatic heterocycles. The molecule has 2 rings (SSSR count). The van der Waals surface area contributed by atoms with Crippen molar-refractivity contribution < 1.29 is 0 Å². The van der Waals surface area contributed by atoms with Crippen molar-refractivity contribution in [1.29, 1.82) is 0 Å². The highest BCUT2D eigenvalue weighted by molar-refractivity contribution is 9.10. The van der Waals surface area contributed by atoms with Crippen LogP contribution >= 0.6 is 27.7 Å². The Morgan fingerprint density at radius 3 is 2.38 bits per heavy atom. The number of aryl methyl sites for hydroxylation is 2. The largest absolute Gasteiger partial charge is 0.310 e. The zero-order valence-corrected chi connectivity index (χ0v) is 15.2. The van der Waals surface area contributed by atoms with Crippen LogP contribution < -0.4 is 5.32 Å². The minimum atomic E-state index is 0.481. The van der Waals surface area contributed by atoms with Crippen molar-refractivity contribution in [2.24, 2.45) is 0 Å². The van der Waals surface area contributed by atoms with E-state index >= 15 is 0 Å². The van der Waals surface area contributed by atoms with E-state index in [-0.39, 0.29) is 0 Å². The molecule has 3 nitrogen and oxygen atoms in total. The summed E-state index contributed by atoms with van der Waals surface area (Å²) >= 11 is 5.24. The van der Waals surface area contributed by atoms with E-state index in [4.69, 9.17) is 0 Å². The van der Waals surface area contributed by atoms with Gasteiger partial charge in [0.15, 0.2) is 5.16 Å². The van der Waals surface area contributed by atoms with Crippen LogP contribution in [-0.4, -0.2) is 16.0 Å². The quantitative estimate of drug-likeness (QED) is 0.791. The first-order valence-corrected chi connectivity index (χ1v) is 8.57. The van der Waals surface area contributed by atoms with E-state index < -0.39 is 0 Å². The molecule has 0 saturated heterocycles. The fraction of sp³-hybridized carbons (Fsp3) is 0.375. The minimum absolute atomic E-state index is 0.481. The van der Waals surface area contributed by atoms with Crippen LogP contribution in [0.1, 0.15) is 30.8 Å². The van der Waals surface area contributed by atoms with Crippen LogP contribution in [0.15, 0.2) is 38.8 Å². The Morgan fingerprint density at radius 1 is 1.14 bits per heavy atom. The SMILES string of the molecule is Cc1cc(C)nc(Sc2ccc(CNC(C)C)c(Br)c2)n1. The van der Waals surface area contributed by atoms with Crippen molar-refractivity contribution >= 4 is 27.7 Å². The number of hydrogen-bond acceptors (Lipinski definition) is 4. The van der Waals surface area contributed by atoms with Gasteiger partial charge in [0, 0.05) is 33.3 Å². The van der Waals surface area contributed by atoms with Crippen LogP contribution in [0.2, 0.25) is 0 Å². The Bertz CT molecular complexity index is 609. The van der Waals surface area contributed by atoms with Gasteiger partial charge >= 0.3 is 0 Å². The predicted molar refractivity (Wildman–Crippen MR) is 91.7 cm³/mol. The van der Waals surface area contributed by atoms with Gasteiger partial charge in [-0.1, -0.05) is 35.8 Å². The Kier molecular flexibility index (Phi) is 5.79. The summed E-state index contributed by atoms with van der Waals surface area (Å²) in [6.45, 7) is 9.15. The molecule has 0 bridgehead atoms. The third-order valence-electron chi connectivity index (χ3n) is 2.90. The maximum atomic E-state index is 4.47. The molecule has 0 radical (unpaired) electrons. The summed E-state index contributed by atoms with van der Waals surface area (Å²) in [6, 6.07) is 8.86. The summed E-state index contributed by atoms with van der Waals surface area (Å²) in [5, 5.41) is 4.22. The van der Waals surface area contributed by atoms with Crippen LogP contribution in [0.3, 0.4) is 0 Å². The van der Waals surface area contributed by atoms with E-state index in [1.54, 1.807) is 11.8 Å². The monoisotopic (exact) mass is 365 g/mol. The minimum Gasteiger partial charge on any atom is -0.310 e. The maximum Gasteiger partial charge on any atom is 0.192 e. The molecule has 0 unspecified atom stereocenters. The van der Waals surface area contributed by atoms with Crippen molar-refractivity contribution in [2.75, 3.05) is 0 Å². The summed E-state index contributed by atoms with van der Waals surface area (Å²) < 4.78 is 1.12. The van der Waals surface area contributed by atoms with E-state index in [2.05, 4.69) is 63.3 Å². The highest BCUT2D eigenvalue weighted by atomic mass is 79.9. The first-order valence-electron chi connectivity index (χ1n) is 6.96. The second kappa shape index (κ2) is 7.38. The van der Waals surface area contributed by atoms with Gasteiger partial charge in [0.25, 0.3) is 0 Å². The number of nitrogens with one attached hydrogen (secondary N) is 1. The average Bonchev–Trinajstić information content (AvgIpc) is 2.36. The van der Waals surface area contributed by atoms with Gasteiger partial charge in [-0.15, -0.1) is 0 Å². The Labute approximate surface area is 139 Å². The molecule has 1 aromatic carbocycles. The normalized spacial score (nSPS) is 11.1. The molecule has 0 saturated carbocycles. The van der Waals surface area contributed by atoms with Gasteiger partial charge in [-0.2, -0.15) is 0 Å². The van der Waals surface area contributed by atoms with Crippen LogP contribution in [0.4, 0.5) is 0 Å². The number of hydrogen-bond donors (Lipinski definition) is 1. The van der Waals surface area contributed by atoms with E-state index in [0.29, 0.717) is 6.04 Å². The van der Waals surface area contributed by atoms with E-state index in [9.17, 15) is 0 Å². The topological polar surface area (TPSA) is 37.8 Å². The molecule has 0 aliphatic carbocycles. The number of aromatic nitrogens is 2. The molecule has 1 aromatic heterocycles. The number of rotatable bonds is 5. The van der Waals surface area contributed by atoms with Crippen LogP contribution in [0.5, 0.6) is 0 Å². The molecule has 0 aliphatic rings. The van der Waals surface area contributed by atoms with Gasteiger partial charge in [-0.3, -0.25) is 0 Å². The molecular weight excluding hydrogens is 346 g/mol. The van der Waals surface area contributed by atoms with Gasteiger partial charge in [0.2, 0.25) is 0 Å². The third-order valence-corrected chi connectivity index (χ3v) is 4.49. The van der Waals surface area contributed by atoms with Gasteiger partial charge in [0.05, 0.1) is 0 Å². The maximum absolute atomic E-state index is 4.47. The van der Waals surface area contributed by atoms with Crippen molar-refractivity contribution in [3.63, 3.8) is 0 Å². The average molecular weight is 366 g/mol.